The highest BCUT2D eigenvalue weighted by Crippen LogP contribution is 2.39. The van der Waals surface area contributed by atoms with Crippen molar-refractivity contribution in [1.82, 2.24) is 0 Å². The fourth-order valence-electron chi connectivity index (χ4n) is 2.69. The molecule has 2 aromatic rings. The van der Waals surface area contributed by atoms with Crippen LogP contribution in [0.2, 0.25) is 0 Å². The highest BCUT2D eigenvalue weighted by molar-refractivity contribution is 6.06. The van der Waals surface area contributed by atoms with Crippen molar-refractivity contribution in [2.45, 2.75) is 12.5 Å². The molecule has 1 unspecified atom stereocenters. The lowest BCUT2D eigenvalue weighted by Gasteiger charge is -2.35. The van der Waals surface area contributed by atoms with Gasteiger partial charge in [0.05, 0.1) is 5.56 Å². The molecule has 0 N–H and O–H groups in total. The average molecular weight is 312 g/mol. The van der Waals surface area contributed by atoms with Gasteiger partial charge in [-0.05, 0) is 17.7 Å². The number of hydrogen-bond acceptors (Lipinski definition) is 5. The van der Waals surface area contributed by atoms with Crippen molar-refractivity contribution < 1.29 is 23.8 Å². The fourth-order valence-corrected chi connectivity index (χ4v) is 2.69. The summed E-state index contributed by atoms with van der Waals surface area (Å²) in [6.45, 7) is 1.37. The zero-order valence-electron chi connectivity index (χ0n) is 12.9. The molecular formula is C18H16O5. The van der Waals surface area contributed by atoms with E-state index in [1.54, 1.807) is 18.2 Å². The number of ketones is 1. The minimum atomic E-state index is -1.17. The summed E-state index contributed by atoms with van der Waals surface area (Å²) in [6, 6.07) is 13.9. The van der Waals surface area contributed by atoms with Crippen LogP contribution in [0.1, 0.15) is 22.8 Å². The van der Waals surface area contributed by atoms with Gasteiger partial charge in [-0.3, -0.25) is 9.59 Å². The van der Waals surface area contributed by atoms with Crippen molar-refractivity contribution >= 4 is 11.8 Å². The monoisotopic (exact) mass is 312 g/mol. The Hall–Kier alpha value is -2.66. The van der Waals surface area contributed by atoms with Gasteiger partial charge >= 0.3 is 5.97 Å². The van der Waals surface area contributed by atoms with E-state index in [-0.39, 0.29) is 12.4 Å². The molecule has 0 aromatic heterocycles. The molecular weight excluding hydrogens is 296 g/mol. The Kier molecular flexibility index (Phi) is 3.88. The Labute approximate surface area is 133 Å². The van der Waals surface area contributed by atoms with Crippen LogP contribution in [-0.4, -0.2) is 25.5 Å². The van der Waals surface area contributed by atoms with Crippen LogP contribution in [-0.2, 0) is 15.1 Å². The molecule has 3 rings (SSSR count). The second kappa shape index (κ2) is 5.85. The van der Waals surface area contributed by atoms with Crippen molar-refractivity contribution in [3.05, 3.63) is 59.7 Å². The molecule has 1 heterocycles. The molecule has 0 aliphatic carbocycles. The molecule has 0 fully saturated rings. The lowest BCUT2D eigenvalue weighted by atomic mass is 9.84. The molecule has 118 valence electrons. The first-order valence-electron chi connectivity index (χ1n) is 7.17. The molecule has 1 atom stereocenters. The lowest BCUT2D eigenvalue weighted by molar-refractivity contribution is -0.131. The van der Waals surface area contributed by atoms with Crippen molar-refractivity contribution in [3.8, 4) is 11.5 Å². The van der Waals surface area contributed by atoms with Gasteiger partial charge < -0.3 is 14.2 Å². The van der Waals surface area contributed by atoms with Gasteiger partial charge in [0.25, 0.3) is 0 Å². The van der Waals surface area contributed by atoms with Crippen molar-refractivity contribution in [3.63, 3.8) is 0 Å². The van der Waals surface area contributed by atoms with Gasteiger partial charge in [0.1, 0.15) is 18.1 Å². The molecule has 0 spiro atoms. The van der Waals surface area contributed by atoms with Crippen LogP contribution >= 0.6 is 0 Å². The van der Waals surface area contributed by atoms with Gasteiger partial charge in [0, 0.05) is 20.1 Å². The van der Waals surface area contributed by atoms with E-state index in [0.717, 1.165) is 5.56 Å². The molecule has 5 heteroatoms. The Balaban J connectivity index is 2.02. The van der Waals surface area contributed by atoms with Crippen LogP contribution < -0.4 is 9.47 Å². The molecule has 0 amide bonds. The predicted molar refractivity (Wildman–Crippen MR) is 82.7 cm³/mol. The number of hydrogen-bond donors (Lipinski definition) is 0. The standard InChI is InChI=1S/C18H16O5/c1-12(19)23-14-8-9-15-16(10-14)22-11-18(21-2,17(15)20)13-6-4-3-5-7-13/h3-10H,11H2,1-2H3. The highest BCUT2D eigenvalue weighted by atomic mass is 16.5. The van der Waals surface area contributed by atoms with E-state index in [1.807, 2.05) is 30.3 Å². The summed E-state index contributed by atoms with van der Waals surface area (Å²) in [5, 5.41) is 0. The number of rotatable bonds is 3. The number of fused-ring (bicyclic) bond motifs is 1. The Morgan fingerprint density at radius 2 is 1.91 bits per heavy atom. The molecule has 0 saturated carbocycles. The lowest BCUT2D eigenvalue weighted by Crippen LogP contribution is -2.46. The normalized spacial score (nSPS) is 19.7. The zero-order chi connectivity index (χ0) is 16.4. The number of Topliss-reactive ketones (excluding diaryl/α,β-unsaturated/α-hetero) is 1. The second-order valence-electron chi connectivity index (χ2n) is 5.27. The van der Waals surface area contributed by atoms with E-state index in [9.17, 15) is 9.59 Å². The van der Waals surface area contributed by atoms with Gasteiger partial charge in [0.15, 0.2) is 5.60 Å². The van der Waals surface area contributed by atoms with Crippen LogP contribution in [0.15, 0.2) is 48.5 Å². The predicted octanol–water partition coefficient (Wildman–Crippen LogP) is 2.73. The molecule has 1 aliphatic heterocycles. The topological polar surface area (TPSA) is 61.8 Å². The van der Waals surface area contributed by atoms with Crippen molar-refractivity contribution in [1.29, 1.82) is 0 Å². The van der Waals surface area contributed by atoms with Crippen molar-refractivity contribution in [2.75, 3.05) is 13.7 Å². The maximum atomic E-state index is 13.0. The van der Waals surface area contributed by atoms with Crippen LogP contribution in [0.4, 0.5) is 0 Å². The third-order valence-corrected chi connectivity index (χ3v) is 3.85. The first-order chi connectivity index (χ1) is 11.1. The van der Waals surface area contributed by atoms with Crippen LogP contribution in [0.25, 0.3) is 0 Å². The van der Waals surface area contributed by atoms with E-state index >= 15 is 0 Å². The van der Waals surface area contributed by atoms with Crippen LogP contribution in [0.5, 0.6) is 11.5 Å². The number of ether oxygens (including phenoxy) is 3. The first-order valence-corrected chi connectivity index (χ1v) is 7.17. The smallest absolute Gasteiger partial charge is 0.308 e. The molecule has 0 radical (unpaired) electrons. The minimum absolute atomic E-state index is 0.0584. The number of benzene rings is 2. The third-order valence-electron chi connectivity index (χ3n) is 3.85. The van der Waals surface area contributed by atoms with Gasteiger partial charge in [-0.2, -0.15) is 0 Å². The summed E-state index contributed by atoms with van der Waals surface area (Å²) in [4.78, 5) is 24.0. The largest absolute Gasteiger partial charge is 0.489 e. The minimum Gasteiger partial charge on any atom is -0.489 e. The van der Waals surface area contributed by atoms with E-state index in [0.29, 0.717) is 17.1 Å². The van der Waals surface area contributed by atoms with E-state index in [2.05, 4.69) is 0 Å². The van der Waals surface area contributed by atoms with Gasteiger partial charge in [-0.25, -0.2) is 0 Å². The quantitative estimate of drug-likeness (QED) is 0.644. The second-order valence-corrected chi connectivity index (χ2v) is 5.27. The maximum absolute atomic E-state index is 13.0. The third kappa shape index (κ3) is 2.59. The van der Waals surface area contributed by atoms with Gasteiger partial charge in [-0.1, -0.05) is 30.3 Å². The SMILES string of the molecule is COC1(c2ccccc2)COc2cc(OC(C)=O)ccc2C1=O. The zero-order valence-corrected chi connectivity index (χ0v) is 12.9. The summed E-state index contributed by atoms with van der Waals surface area (Å²) in [5.41, 5.74) is -0.0305. The number of carbonyl (C=O) groups is 2. The van der Waals surface area contributed by atoms with E-state index in [1.165, 1.54) is 14.0 Å². The summed E-state index contributed by atoms with van der Waals surface area (Å²) >= 11 is 0. The number of carbonyl (C=O) groups excluding carboxylic acids is 2. The molecule has 23 heavy (non-hydrogen) atoms. The average Bonchev–Trinajstić information content (AvgIpc) is 2.56. The molecule has 2 aromatic carbocycles. The summed E-state index contributed by atoms with van der Waals surface area (Å²) in [5.74, 6) is 0.121. The number of esters is 1. The Morgan fingerprint density at radius 3 is 2.57 bits per heavy atom. The van der Waals surface area contributed by atoms with Crippen LogP contribution in [0.3, 0.4) is 0 Å². The molecule has 0 bridgehead atoms. The summed E-state index contributed by atoms with van der Waals surface area (Å²) in [7, 11) is 1.49. The van der Waals surface area contributed by atoms with E-state index in [4.69, 9.17) is 14.2 Å². The summed E-state index contributed by atoms with van der Waals surface area (Å²) < 4.78 is 16.3. The molecule has 5 nitrogen and oxygen atoms in total. The van der Waals surface area contributed by atoms with E-state index < -0.39 is 11.6 Å². The van der Waals surface area contributed by atoms with Crippen LogP contribution in [0, 0.1) is 0 Å². The first kappa shape index (κ1) is 15.2. The summed E-state index contributed by atoms with van der Waals surface area (Å²) in [6.07, 6.45) is 0. The van der Waals surface area contributed by atoms with Gasteiger partial charge in [-0.15, -0.1) is 0 Å². The maximum Gasteiger partial charge on any atom is 0.308 e. The fraction of sp³-hybridized carbons (Fsp3) is 0.222. The molecule has 1 aliphatic rings. The highest BCUT2D eigenvalue weighted by Gasteiger charge is 2.46. The molecule has 0 saturated heterocycles. The number of methoxy groups -OCH3 is 1. The van der Waals surface area contributed by atoms with Crippen molar-refractivity contribution in [2.24, 2.45) is 0 Å². The van der Waals surface area contributed by atoms with Gasteiger partial charge in [0.2, 0.25) is 5.78 Å². The Bertz CT molecular complexity index is 753. The Morgan fingerprint density at radius 1 is 1.17 bits per heavy atom.